The van der Waals surface area contributed by atoms with E-state index in [2.05, 4.69) is 15.0 Å². The predicted molar refractivity (Wildman–Crippen MR) is 102 cm³/mol. The number of hydrogen-bond acceptors (Lipinski definition) is 4. The summed E-state index contributed by atoms with van der Waals surface area (Å²) in [5, 5.41) is 3.14. The van der Waals surface area contributed by atoms with E-state index in [4.69, 9.17) is 0 Å². The van der Waals surface area contributed by atoms with Crippen LogP contribution >= 0.6 is 0 Å². The van der Waals surface area contributed by atoms with Crippen molar-refractivity contribution in [2.75, 3.05) is 5.32 Å². The summed E-state index contributed by atoms with van der Waals surface area (Å²) in [6.45, 7) is -1.16. The lowest BCUT2D eigenvalue weighted by atomic mass is 10.0. The lowest BCUT2D eigenvalue weighted by molar-refractivity contribution is -0.0498. The molecule has 1 atom stereocenters. The van der Waals surface area contributed by atoms with Crippen molar-refractivity contribution in [2.24, 2.45) is 0 Å². The third-order valence-corrected chi connectivity index (χ3v) is 4.95. The second-order valence-corrected chi connectivity index (χ2v) is 6.87. The Bertz CT molecular complexity index is 1100. The first kappa shape index (κ1) is 19.0. The smallest absolute Gasteiger partial charge is 0.387 e. The van der Waals surface area contributed by atoms with Crippen LogP contribution in [0.1, 0.15) is 29.3 Å². The summed E-state index contributed by atoms with van der Waals surface area (Å²) < 4.78 is 44.5. The summed E-state index contributed by atoms with van der Waals surface area (Å²) in [6.07, 6.45) is 1.44. The van der Waals surface area contributed by atoms with Gasteiger partial charge in [0.25, 0.3) is 5.56 Å². The van der Waals surface area contributed by atoms with Gasteiger partial charge in [0.15, 0.2) is 0 Å². The molecule has 0 radical (unpaired) electrons. The minimum Gasteiger partial charge on any atom is -0.435 e. The molecule has 1 unspecified atom stereocenters. The van der Waals surface area contributed by atoms with Crippen LogP contribution in [0.15, 0.2) is 53.3 Å². The Labute approximate surface area is 164 Å². The first-order valence-corrected chi connectivity index (χ1v) is 9.11. The molecule has 0 fully saturated rings. The van der Waals surface area contributed by atoms with Gasteiger partial charge in [0.2, 0.25) is 5.95 Å². The molecule has 150 valence electrons. The van der Waals surface area contributed by atoms with Crippen LogP contribution in [0.25, 0.3) is 0 Å². The summed E-state index contributed by atoms with van der Waals surface area (Å²) in [4.78, 5) is 16.2. The summed E-state index contributed by atoms with van der Waals surface area (Å²) in [6, 6.07) is 12.2. The number of ether oxygens (including phenoxy) is 1. The topological polar surface area (TPSA) is 56.1 Å². The number of rotatable bonds is 5. The highest BCUT2D eigenvalue weighted by Gasteiger charge is 2.26. The highest BCUT2D eigenvalue weighted by Crippen LogP contribution is 2.35. The zero-order valence-corrected chi connectivity index (χ0v) is 15.5. The minimum atomic E-state index is -2.90. The summed E-state index contributed by atoms with van der Waals surface area (Å²) in [5.41, 5.74) is 2.65. The van der Waals surface area contributed by atoms with Crippen molar-refractivity contribution in [3.05, 3.63) is 81.5 Å². The number of hydrogen-bond donors (Lipinski definition) is 1. The van der Waals surface area contributed by atoms with Crippen molar-refractivity contribution in [1.82, 2.24) is 9.55 Å². The van der Waals surface area contributed by atoms with Gasteiger partial charge in [-0.3, -0.25) is 4.79 Å². The molecule has 0 aliphatic carbocycles. The lowest BCUT2D eigenvalue weighted by Gasteiger charge is -2.21. The molecule has 0 spiro atoms. The monoisotopic (exact) mass is 401 g/mol. The fourth-order valence-corrected chi connectivity index (χ4v) is 3.65. The van der Waals surface area contributed by atoms with Gasteiger partial charge in [-0.1, -0.05) is 12.1 Å². The van der Waals surface area contributed by atoms with Gasteiger partial charge in [-0.05, 0) is 61.2 Å². The van der Waals surface area contributed by atoms with Crippen LogP contribution in [0.5, 0.6) is 5.75 Å². The van der Waals surface area contributed by atoms with Gasteiger partial charge >= 0.3 is 6.61 Å². The van der Waals surface area contributed by atoms with E-state index in [-0.39, 0.29) is 23.2 Å². The molecule has 5 nitrogen and oxygen atoms in total. The third kappa shape index (κ3) is 3.96. The number of fused-ring (bicyclic) bond motifs is 1. The van der Waals surface area contributed by atoms with Crippen LogP contribution in [0.4, 0.5) is 24.8 Å². The zero-order chi connectivity index (χ0) is 20.5. The van der Waals surface area contributed by atoms with Crippen LogP contribution in [0, 0.1) is 12.7 Å². The van der Waals surface area contributed by atoms with Crippen molar-refractivity contribution in [3.63, 3.8) is 0 Å². The molecule has 0 bridgehead atoms. The second-order valence-electron chi connectivity index (χ2n) is 6.87. The molecule has 2 aromatic carbocycles. The number of nitrogens with one attached hydrogen (secondary N) is 1. The van der Waals surface area contributed by atoms with Gasteiger partial charge < -0.3 is 14.6 Å². The van der Waals surface area contributed by atoms with Gasteiger partial charge in [0.05, 0.1) is 6.04 Å². The first-order chi connectivity index (χ1) is 13.9. The third-order valence-electron chi connectivity index (χ3n) is 4.95. The number of anilines is 2. The zero-order valence-electron chi connectivity index (χ0n) is 15.5. The molecule has 1 aromatic heterocycles. The molecule has 4 rings (SSSR count). The Balaban J connectivity index is 1.70. The molecule has 0 saturated heterocycles. The van der Waals surface area contributed by atoms with Crippen molar-refractivity contribution in [2.45, 2.75) is 32.4 Å². The van der Waals surface area contributed by atoms with E-state index in [0.717, 1.165) is 17.7 Å². The number of halogens is 3. The van der Waals surface area contributed by atoms with E-state index in [1.165, 1.54) is 30.3 Å². The van der Waals surface area contributed by atoms with E-state index in [1.807, 2.05) is 4.57 Å². The van der Waals surface area contributed by atoms with Gasteiger partial charge in [0, 0.05) is 17.4 Å². The van der Waals surface area contributed by atoms with Crippen LogP contribution < -0.4 is 15.6 Å². The number of benzene rings is 2. The van der Waals surface area contributed by atoms with Crippen molar-refractivity contribution in [1.29, 1.82) is 0 Å². The molecule has 1 aliphatic rings. The molecular weight excluding hydrogens is 383 g/mol. The fraction of sp³-hybridized carbons (Fsp3) is 0.238. The number of alkyl halides is 2. The molecule has 29 heavy (non-hydrogen) atoms. The van der Waals surface area contributed by atoms with E-state index in [0.29, 0.717) is 23.6 Å². The van der Waals surface area contributed by atoms with Gasteiger partial charge in [-0.25, -0.2) is 4.39 Å². The van der Waals surface area contributed by atoms with E-state index in [9.17, 15) is 18.0 Å². The molecule has 2 heterocycles. The maximum absolute atomic E-state index is 13.3. The van der Waals surface area contributed by atoms with Crippen LogP contribution in [-0.4, -0.2) is 16.2 Å². The molecule has 0 amide bonds. The molecule has 0 saturated carbocycles. The van der Waals surface area contributed by atoms with Crippen molar-refractivity contribution >= 4 is 11.6 Å². The first-order valence-electron chi connectivity index (χ1n) is 9.11. The highest BCUT2D eigenvalue weighted by molar-refractivity contribution is 5.60. The second kappa shape index (κ2) is 7.62. The average Bonchev–Trinajstić information content (AvgIpc) is 3.08. The van der Waals surface area contributed by atoms with Crippen LogP contribution in [0.2, 0.25) is 0 Å². The van der Waals surface area contributed by atoms with E-state index < -0.39 is 6.61 Å². The molecule has 1 aliphatic heterocycles. The van der Waals surface area contributed by atoms with Crippen molar-refractivity contribution < 1.29 is 17.9 Å². The Morgan fingerprint density at radius 3 is 2.62 bits per heavy atom. The molecule has 1 N–H and O–H groups in total. The number of nitrogens with zero attached hydrogens (tertiary/aromatic N) is 2. The maximum Gasteiger partial charge on any atom is 0.387 e. The quantitative estimate of drug-likeness (QED) is 0.680. The summed E-state index contributed by atoms with van der Waals surface area (Å²) >= 11 is 0. The number of aromatic nitrogens is 2. The molecule has 8 heteroatoms. The van der Waals surface area contributed by atoms with Crippen LogP contribution in [0.3, 0.4) is 0 Å². The Kier molecular flexibility index (Phi) is 5.00. The van der Waals surface area contributed by atoms with E-state index in [1.54, 1.807) is 25.1 Å². The SMILES string of the molecule is Cc1cc(OC(F)F)ccc1Nc1nc(=O)cc2n1C(c1ccc(F)cc1)CC2. The molecular formula is C21H18F3N3O2. The van der Waals surface area contributed by atoms with Crippen molar-refractivity contribution in [3.8, 4) is 5.75 Å². The molecule has 3 aromatic rings. The largest absolute Gasteiger partial charge is 0.435 e. The van der Waals surface area contributed by atoms with Gasteiger partial charge in [0.1, 0.15) is 11.6 Å². The number of aryl methyl sites for hydroxylation is 2. The minimum absolute atomic E-state index is 0.0515. The fourth-order valence-electron chi connectivity index (χ4n) is 3.65. The van der Waals surface area contributed by atoms with Gasteiger partial charge in [-0.2, -0.15) is 13.8 Å². The standard InChI is InChI=1S/C21H18F3N3O2/c1-12-10-16(29-20(23)24)7-8-17(12)25-21-26-19(28)11-15-6-9-18(27(15)21)13-2-4-14(22)5-3-13/h2-5,7-8,10-11,18,20H,6,9H2,1H3,(H,25,26,28). The average molecular weight is 401 g/mol. The summed E-state index contributed by atoms with van der Waals surface area (Å²) in [5.74, 6) is 0.0886. The van der Waals surface area contributed by atoms with E-state index >= 15 is 0 Å². The normalized spacial score (nSPS) is 15.4. The Hall–Kier alpha value is -3.29. The summed E-state index contributed by atoms with van der Waals surface area (Å²) in [7, 11) is 0. The van der Waals surface area contributed by atoms with Gasteiger partial charge in [-0.15, -0.1) is 0 Å². The highest BCUT2D eigenvalue weighted by atomic mass is 19.3. The maximum atomic E-state index is 13.3. The Morgan fingerprint density at radius 1 is 1.17 bits per heavy atom. The lowest BCUT2D eigenvalue weighted by Crippen LogP contribution is -2.19. The Morgan fingerprint density at radius 2 is 1.93 bits per heavy atom. The predicted octanol–water partition coefficient (Wildman–Crippen LogP) is 4.57. The van der Waals surface area contributed by atoms with Crippen LogP contribution in [-0.2, 0) is 6.42 Å².